The molecule has 0 aliphatic carbocycles. The average Bonchev–Trinajstić information content (AvgIpc) is 2.44. The van der Waals surface area contributed by atoms with Crippen LogP contribution in [-0.4, -0.2) is 30.6 Å². The summed E-state index contributed by atoms with van der Waals surface area (Å²) in [5.74, 6) is 0.00940. The third-order valence-corrected chi connectivity index (χ3v) is 4.27. The van der Waals surface area contributed by atoms with Crippen LogP contribution in [0.4, 0.5) is 8.78 Å². The summed E-state index contributed by atoms with van der Waals surface area (Å²) in [7, 11) is 0. The van der Waals surface area contributed by atoms with Crippen LogP contribution in [0, 0.1) is 17.6 Å². The number of halogens is 2. The van der Waals surface area contributed by atoms with Crippen LogP contribution in [0.15, 0.2) is 18.2 Å². The maximum Gasteiger partial charge on any atom is 0.127 e. The Labute approximate surface area is 120 Å². The molecule has 0 spiro atoms. The molecule has 4 heteroatoms. The molecule has 1 heterocycles. The van der Waals surface area contributed by atoms with E-state index in [4.69, 9.17) is 0 Å². The van der Waals surface area contributed by atoms with Crippen molar-refractivity contribution >= 4 is 0 Å². The average molecular weight is 282 g/mol. The van der Waals surface area contributed by atoms with Crippen molar-refractivity contribution in [2.45, 2.75) is 39.3 Å². The second-order valence-corrected chi connectivity index (χ2v) is 5.70. The summed E-state index contributed by atoms with van der Waals surface area (Å²) in [5, 5.41) is 3.47. The molecule has 1 atom stereocenters. The summed E-state index contributed by atoms with van der Waals surface area (Å²) >= 11 is 0. The van der Waals surface area contributed by atoms with Crippen molar-refractivity contribution in [1.29, 1.82) is 0 Å². The Morgan fingerprint density at radius 2 is 2.00 bits per heavy atom. The summed E-state index contributed by atoms with van der Waals surface area (Å²) in [4.78, 5) is 2.22. The fourth-order valence-corrected chi connectivity index (χ4v) is 3.01. The van der Waals surface area contributed by atoms with E-state index in [1.54, 1.807) is 0 Å². The predicted octanol–water partition coefficient (Wildman–Crippen LogP) is 3.17. The lowest BCUT2D eigenvalue weighted by molar-refractivity contribution is 0.155. The van der Waals surface area contributed by atoms with Crippen LogP contribution < -0.4 is 5.32 Å². The first-order chi connectivity index (χ1) is 9.60. The SMILES string of the molecule is CCNC(C)C1CCN(Cc2cc(F)ccc2F)CC1. The van der Waals surface area contributed by atoms with E-state index in [1.807, 2.05) is 0 Å². The summed E-state index contributed by atoms with van der Waals surface area (Å²) in [6.45, 7) is 7.77. The van der Waals surface area contributed by atoms with E-state index in [1.165, 1.54) is 18.2 Å². The molecule has 20 heavy (non-hydrogen) atoms. The largest absolute Gasteiger partial charge is 0.314 e. The minimum absolute atomic E-state index is 0.311. The van der Waals surface area contributed by atoms with E-state index in [-0.39, 0.29) is 11.6 Å². The van der Waals surface area contributed by atoms with Gasteiger partial charge in [-0.1, -0.05) is 6.92 Å². The molecule has 0 saturated carbocycles. The number of benzene rings is 1. The molecule has 2 rings (SSSR count). The van der Waals surface area contributed by atoms with Gasteiger partial charge in [0, 0.05) is 18.2 Å². The summed E-state index contributed by atoms with van der Waals surface area (Å²) in [5.41, 5.74) is 0.461. The number of hydrogen-bond donors (Lipinski definition) is 1. The quantitative estimate of drug-likeness (QED) is 0.892. The van der Waals surface area contributed by atoms with Crippen molar-refractivity contribution in [2.75, 3.05) is 19.6 Å². The van der Waals surface area contributed by atoms with Gasteiger partial charge in [-0.15, -0.1) is 0 Å². The molecule has 1 N–H and O–H groups in total. The Bertz CT molecular complexity index is 428. The molecule has 1 aliphatic heterocycles. The highest BCUT2D eigenvalue weighted by Gasteiger charge is 2.23. The Morgan fingerprint density at radius 1 is 1.30 bits per heavy atom. The lowest BCUT2D eigenvalue weighted by Crippen LogP contribution is -2.41. The maximum atomic E-state index is 13.6. The molecular weight excluding hydrogens is 258 g/mol. The van der Waals surface area contributed by atoms with E-state index >= 15 is 0 Å². The van der Waals surface area contributed by atoms with Crippen LogP contribution >= 0.6 is 0 Å². The Morgan fingerprint density at radius 3 is 2.65 bits per heavy atom. The van der Waals surface area contributed by atoms with Crippen LogP contribution in [-0.2, 0) is 6.54 Å². The molecule has 0 aromatic heterocycles. The second kappa shape index (κ2) is 7.14. The molecule has 112 valence electrons. The number of hydrogen-bond acceptors (Lipinski definition) is 2. The van der Waals surface area contributed by atoms with Crippen molar-refractivity contribution in [3.05, 3.63) is 35.4 Å². The normalized spacial score (nSPS) is 19.2. The van der Waals surface area contributed by atoms with Gasteiger partial charge in [0.25, 0.3) is 0 Å². The van der Waals surface area contributed by atoms with Gasteiger partial charge < -0.3 is 5.32 Å². The smallest absolute Gasteiger partial charge is 0.127 e. The van der Waals surface area contributed by atoms with E-state index in [0.717, 1.165) is 32.5 Å². The monoisotopic (exact) mass is 282 g/mol. The van der Waals surface area contributed by atoms with E-state index in [2.05, 4.69) is 24.1 Å². The highest BCUT2D eigenvalue weighted by Crippen LogP contribution is 2.22. The highest BCUT2D eigenvalue weighted by atomic mass is 19.1. The van der Waals surface area contributed by atoms with Crippen molar-refractivity contribution in [1.82, 2.24) is 10.2 Å². The zero-order valence-electron chi connectivity index (χ0n) is 12.3. The molecule has 1 aromatic carbocycles. The molecule has 0 bridgehead atoms. The van der Waals surface area contributed by atoms with Crippen molar-refractivity contribution in [2.24, 2.45) is 5.92 Å². The van der Waals surface area contributed by atoms with Crippen molar-refractivity contribution < 1.29 is 8.78 Å². The van der Waals surface area contributed by atoms with Crippen LogP contribution in [0.1, 0.15) is 32.3 Å². The molecule has 1 aromatic rings. The van der Waals surface area contributed by atoms with Crippen LogP contribution in [0.25, 0.3) is 0 Å². The fourth-order valence-electron chi connectivity index (χ4n) is 3.01. The topological polar surface area (TPSA) is 15.3 Å². The van der Waals surface area contributed by atoms with Gasteiger partial charge >= 0.3 is 0 Å². The van der Waals surface area contributed by atoms with E-state index in [9.17, 15) is 8.78 Å². The highest BCUT2D eigenvalue weighted by molar-refractivity contribution is 5.18. The maximum absolute atomic E-state index is 13.6. The molecule has 1 fully saturated rings. The first-order valence-electron chi connectivity index (χ1n) is 7.49. The Kier molecular flexibility index (Phi) is 5.49. The summed E-state index contributed by atoms with van der Waals surface area (Å²) in [6.07, 6.45) is 2.23. The van der Waals surface area contributed by atoms with Gasteiger partial charge in [0.15, 0.2) is 0 Å². The second-order valence-electron chi connectivity index (χ2n) is 5.70. The van der Waals surface area contributed by atoms with E-state index < -0.39 is 0 Å². The molecular formula is C16H24F2N2. The van der Waals surface area contributed by atoms with Crippen molar-refractivity contribution in [3.63, 3.8) is 0 Å². The van der Waals surface area contributed by atoms with Gasteiger partial charge in [0.2, 0.25) is 0 Å². The molecule has 1 unspecified atom stereocenters. The molecule has 1 aliphatic rings. The number of likely N-dealkylation sites (tertiary alicyclic amines) is 1. The lowest BCUT2D eigenvalue weighted by Gasteiger charge is -2.35. The van der Waals surface area contributed by atoms with Gasteiger partial charge in [-0.3, -0.25) is 4.90 Å². The first-order valence-corrected chi connectivity index (χ1v) is 7.49. The first kappa shape index (κ1) is 15.4. The molecule has 1 saturated heterocycles. The minimum Gasteiger partial charge on any atom is -0.314 e. The number of piperidine rings is 1. The predicted molar refractivity (Wildman–Crippen MR) is 77.5 cm³/mol. The van der Waals surface area contributed by atoms with Gasteiger partial charge in [-0.2, -0.15) is 0 Å². The Hall–Kier alpha value is -1.00. The summed E-state index contributed by atoms with van der Waals surface area (Å²) in [6, 6.07) is 4.23. The van der Waals surface area contributed by atoms with Crippen LogP contribution in [0.5, 0.6) is 0 Å². The third kappa shape index (κ3) is 4.00. The lowest BCUT2D eigenvalue weighted by atomic mass is 9.90. The standard InChI is InChI=1S/C16H24F2N2/c1-3-19-12(2)13-6-8-20(9-7-13)11-14-10-15(17)4-5-16(14)18/h4-5,10,12-13,19H,3,6-9,11H2,1-2H3. The molecule has 2 nitrogen and oxygen atoms in total. The number of nitrogens with zero attached hydrogens (tertiary/aromatic N) is 1. The number of rotatable bonds is 5. The fraction of sp³-hybridized carbons (Fsp3) is 0.625. The number of nitrogens with one attached hydrogen (secondary N) is 1. The zero-order valence-corrected chi connectivity index (χ0v) is 12.3. The molecule has 0 radical (unpaired) electrons. The van der Waals surface area contributed by atoms with Gasteiger partial charge in [0.1, 0.15) is 11.6 Å². The Balaban J connectivity index is 1.86. The van der Waals surface area contributed by atoms with Gasteiger partial charge in [0.05, 0.1) is 0 Å². The van der Waals surface area contributed by atoms with Gasteiger partial charge in [-0.05, 0) is 63.5 Å². The third-order valence-electron chi connectivity index (χ3n) is 4.27. The van der Waals surface area contributed by atoms with Crippen LogP contribution in [0.2, 0.25) is 0 Å². The minimum atomic E-state index is -0.364. The van der Waals surface area contributed by atoms with Crippen molar-refractivity contribution in [3.8, 4) is 0 Å². The zero-order chi connectivity index (χ0) is 14.5. The molecule has 0 amide bonds. The van der Waals surface area contributed by atoms with Crippen LogP contribution in [0.3, 0.4) is 0 Å². The van der Waals surface area contributed by atoms with Gasteiger partial charge in [-0.25, -0.2) is 8.78 Å². The van der Waals surface area contributed by atoms with E-state index in [0.29, 0.717) is 24.1 Å². The summed E-state index contributed by atoms with van der Waals surface area (Å²) < 4.78 is 26.8.